The van der Waals surface area contributed by atoms with E-state index < -0.39 is 0 Å². The van der Waals surface area contributed by atoms with Crippen LogP contribution in [-0.2, 0) is 75.5 Å². The molecule has 4 aromatic rings. The summed E-state index contributed by atoms with van der Waals surface area (Å²) in [7, 11) is 6.84. The van der Waals surface area contributed by atoms with Crippen molar-refractivity contribution < 1.29 is 38.4 Å². The summed E-state index contributed by atoms with van der Waals surface area (Å²) in [6, 6.07) is 23.5. The number of nitrogens with zero attached hydrogens (tertiary/aromatic N) is 5. The van der Waals surface area contributed by atoms with E-state index in [2.05, 4.69) is 44.7 Å². The molecule has 4 aliphatic rings. The molecule has 1 amide bonds. The van der Waals surface area contributed by atoms with Crippen molar-refractivity contribution in [1.82, 2.24) is 24.7 Å². The van der Waals surface area contributed by atoms with E-state index in [-0.39, 0.29) is 13.3 Å². The molecule has 0 unspecified atom stereocenters. The third-order valence-electron chi connectivity index (χ3n) is 11.6. The van der Waals surface area contributed by atoms with Gasteiger partial charge in [0.1, 0.15) is 0 Å². The second-order valence-corrected chi connectivity index (χ2v) is 15.9. The molecular weight excluding hydrogens is 794 g/mol. The first kappa shape index (κ1) is 50.7. The van der Waals surface area contributed by atoms with Crippen LogP contribution in [0.3, 0.4) is 0 Å². The average molecular weight is 853 g/mol. The second-order valence-electron chi connectivity index (χ2n) is 15.9. The Morgan fingerprint density at radius 3 is 1.44 bits per heavy atom. The van der Waals surface area contributed by atoms with Crippen molar-refractivity contribution in [1.29, 1.82) is 0 Å². The quantitative estimate of drug-likeness (QED) is 0.130. The number of carbonyl (C=O) groups is 2. The number of aldehydes is 1. The number of phenolic OH excluding ortho intramolecular Hbond substituents is 1. The van der Waals surface area contributed by atoms with Gasteiger partial charge in [0.05, 0.1) is 0 Å². The van der Waals surface area contributed by atoms with E-state index in [9.17, 15) is 33.5 Å². The SMILES string of the molecule is C.CON(C)C(=O)c1ccc2c(c1)CCN(CB=O)C2.Cc1ccc2c(c1)CCN(CB=O)C2.O=BCN1CCc2cc(C=O)ccc2C1.O=BCN1CCc2cc(O)ccc2C1. The number of rotatable bonds is 11. The first-order chi connectivity index (χ1) is 30.1. The molecule has 4 aliphatic heterocycles. The van der Waals surface area contributed by atoms with E-state index in [1.807, 2.05) is 42.5 Å². The predicted octanol–water partition coefficient (Wildman–Crippen LogP) is 4.30. The van der Waals surface area contributed by atoms with E-state index in [1.165, 1.54) is 62.2 Å². The summed E-state index contributed by atoms with van der Waals surface area (Å²) in [6.45, 7) is 9.10. The van der Waals surface area contributed by atoms with Crippen LogP contribution in [0.1, 0.15) is 78.2 Å². The molecule has 63 heavy (non-hydrogen) atoms. The third kappa shape index (κ3) is 15.1. The number of carbonyl (C=O) groups excluding carboxylic acids is 2. The van der Waals surface area contributed by atoms with E-state index in [0.717, 1.165) is 118 Å². The van der Waals surface area contributed by atoms with Crippen molar-refractivity contribution >= 4 is 40.8 Å². The van der Waals surface area contributed by atoms with Crippen LogP contribution in [0.4, 0.5) is 0 Å². The number of benzene rings is 4. The van der Waals surface area contributed by atoms with Crippen LogP contribution < -0.4 is 0 Å². The fourth-order valence-electron chi connectivity index (χ4n) is 8.10. The van der Waals surface area contributed by atoms with Crippen molar-refractivity contribution in [2.75, 3.05) is 66.1 Å². The van der Waals surface area contributed by atoms with Gasteiger partial charge in [0.25, 0.3) is 0 Å². The van der Waals surface area contributed by atoms with Crippen molar-refractivity contribution in [3.8, 4) is 5.75 Å². The molecule has 13 nitrogen and oxygen atoms in total. The van der Waals surface area contributed by atoms with E-state index >= 15 is 0 Å². The Labute approximate surface area is 374 Å². The Kier molecular flexibility index (Phi) is 20.9. The van der Waals surface area contributed by atoms with E-state index in [0.29, 0.717) is 37.1 Å². The molecule has 17 heteroatoms. The summed E-state index contributed by atoms with van der Waals surface area (Å²) >= 11 is 0. The fourth-order valence-corrected chi connectivity index (χ4v) is 8.10. The Balaban J connectivity index is 0.000000185. The molecule has 0 fully saturated rings. The van der Waals surface area contributed by atoms with Gasteiger partial charge < -0.3 is 0 Å². The number of amides is 1. The van der Waals surface area contributed by atoms with Gasteiger partial charge in [-0.1, -0.05) is 7.43 Å². The summed E-state index contributed by atoms with van der Waals surface area (Å²) < 4.78 is 41.7. The van der Waals surface area contributed by atoms with Gasteiger partial charge in [0.2, 0.25) is 0 Å². The topological polar surface area (TPSA) is 148 Å². The molecule has 0 atom stereocenters. The van der Waals surface area contributed by atoms with Crippen LogP contribution in [0, 0.1) is 6.92 Å². The molecule has 0 bridgehead atoms. The van der Waals surface area contributed by atoms with E-state index in [4.69, 9.17) is 4.84 Å². The van der Waals surface area contributed by atoms with Crippen LogP contribution >= 0.6 is 0 Å². The summed E-state index contributed by atoms with van der Waals surface area (Å²) in [5.41, 5.74) is 12.8. The van der Waals surface area contributed by atoms with Crippen molar-refractivity contribution in [2.45, 2.75) is 66.2 Å². The monoisotopic (exact) mass is 853 g/mol. The molecule has 1 N–H and O–H groups in total. The van der Waals surface area contributed by atoms with Gasteiger partial charge in [-0.3, -0.25) is 0 Å². The van der Waals surface area contributed by atoms with Crippen molar-refractivity contribution in [3.63, 3.8) is 0 Å². The number of hydrogen-bond acceptors (Lipinski definition) is 12. The Morgan fingerprint density at radius 1 is 0.603 bits per heavy atom. The Hall–Kier alpha value is -4.92. The molecule has 4 aromatic carbocycles. The maximum atomic E-state index is 12.0. The summed E-state index contributed by atoms with van der Waals surface area (Å²) in [4.78, 5) is 36.0. The van der Waals surface area contributed by atoms with Gasteiger partial charge in [0, 0.05) is 0 Å². The zero-order chi connectivity index (χ0) is 44.4. The first-order valence-corrected chi connectivity index (χ1v) is 21.1. The molecule has 0 radical (unpaired) electrons. The summed E-state index contributed by atoms with van der Waals surface area (Å²) in [5.74, 6) is 0.174. The second kappa shape index (κ2) is 26.0. The number of hydroxylamine groups is 2. The fraction of sp³-hybridized carbons (Fsp3) is 0.435. The predicted molar refractivity (Wildman–Crippen MR) is 245 cm³/mol. The van der Waals surface area contributed by atoms with Crippen molar-refractivity contribution in [3.05, 3.63) is 134 Å². The maximum absolute atomic E-state index is 12.0. The molecule has 0 saturated heterocycles. The minimum atomic E-state index is -0.152. The number of aromatic hydroxyl groups is 1. The van der Waals surface area contributed by atoms with Crippen LogP contribution in [0.5, 0.6) is 5.75 Å². The number of phenols is 1. The molecule has 0 saturated carbocycles. The minimum absolute atomic E-state index is 0. The van der Waals surface area contributed by atoms with Gasteiger partial charge in [-0.25, -0.2) is 0 Å². The van der Waals surface area contributed by atoms with Crippen LogP contribution in [0.2, 0.25) is 0 Å². The first-order valence-electron chi connectivity index (χ1n) is 21.1. The van der Waals surface area contributed by atoms with Crippen molar-refractivity contribution in [2.24, 2.45) is 0 Å². The van der Waals surface area contributed by atoms with Gasteiger partial charge in [0.15, 0.2) is 0 Å². The molecule has 8 rings (SSSR count). The van der Waals surface area contributed by atoms with Gasteiger partial charge in [-0.2, -0.15) is 0 Å². The van der Waals surface area contributed by atoms with Gasteiger partial charge in [-0.15, -0.1) is 0 Å². The Morgan fingerprint density at radius 2 is 1.00 bits per heavy atom. The van der Waals surface area contributed by atoms with Gasteiger partial charge in [-0.05, 0) is 0 Å². The normalized spacial score (nSPS) is 15.2. The van der Waals surface area contributed by atoms with Crippen LogP contribution in [0.25, 0.3) is 0 Å². The standard InChI is InChI=1S/C13H17BN2O3.C11H12BNO2.C11H14BNO.C10H12BNO2.CH4/c1-15(19-2)13(17)11-3-4-12-8-16(9-14-18)6-5-10(12)7-11;14-7-9-1-2-11-6-13(8-12-15)4-3-10(11)5-9;1-9-2-3-11-7-13(8-12-14)5-4-10(11)6-9;13-10-2-1-9-6-12(7-11-14)4-3-8(9)5-10;/h3-4,7H,5-6,8-9H2,1-2H3;1-2,5,7H,3-4,6,8H2;2-3,6H,4-5,7-8H2,1H3;1-2,5,13H,3-4,6-7H2;1H4. The molecule has 0 aliphatic carbocycles. The molecular formula is C46H59B4N5O8. The third-order valence-corrected chi connectivity index (χ3v) is 11.6. The summed E-state index contributed by atoms with van der Waals surface area (Å²) in [5, 5.41) is 10.5. The van der Waals surface area contributed by atoms with E-state index in [1.54, 1.807) is 19.2 Å². The molecule has 4 heterocycles. The average Bonchev–Trinajstić information content (AvgIpc) is 3.29. The number of aryl methyl sites for hydroxylation is 1. The number of fused-ring (bicyclic) bond motifs is 4. The zero-order valence-electron chi connectivity index (χ0n) is 36.2. The molecule has 0 spiro atoms. The van der Waals surface area contributed by atoms with Crippen LogP contribution in [-0.4, -0.2) is 137 Å². The number of hydrogen-bond donors (Lipinski definition) is 1. The zero-order valence-corrected chi connectivity index (χ0v) is 36.2. The Bertz CT molecular complexity index is 2130. The van der Waals surface area contributed by atoms with Crippen LogP contribution in [0.15, 0.2) is 72.8 Å². The molecule has 0 aromatic heterocycles. The molecule has 328 valence electrons. The summed E-state index contributed by atoms with van der Waals surface area (Å²) in [6.07, 6.45) is 6.67. The van der Waals surface area contributed by atoms with Gasteiger partial charge >= 0.3 is 368 Å².